The molecule has 0 unspecified atom stereocenters. The zero-order valence-electron chi connectivity index (χ0n) is 11.6. The molecule has 2 aromatic rings. The molecule has 0 aliphatic heterocycles. The van der Waals surface area contributed by atoms with E-state index in [1.54, 1.807) is 12.4 Å². The van der Waals surface area contributed by atoms with Crippen molar-refractivity contribution in [3.63, 3.8) is 0 Å². The molecule has 1 heterocycles. The Morgan fingerprint density at radius 2 is 1.90 bits per heavy atom. The first kappa shape index (κ1) is 15.2. The largest absolute Gasteiger partial charge is 0.352 e. The normalized spacial score (nSPS) is 11.1. The topological polar surface area (TPSA) is 76.1 Å². The number of hydrogen-bond donors (Lipinski definition) is 1. The van der Waals surface area contributed by atoms with Gasteiger partial charge in [0.15, 0.2) is 9.84 Å². The van der Waals surface area contributed by atoms with Crippen LogP contribution in [0.25, 0.3) is 0 Å². The first-order chi connectivity index (χ1) is 9.97. The SMILES string of the molecule is CS(=O)(=O)c1ccc(C(=O)NCCc2cccnc2)cc1. The van der Waals surface area contributed by atoms with Gasteiger partial charge >= 0.3 is 0 Å². The monoisotopic (exact) mass is 304 g/mol. The maximum absolute atomic E-state index is 11.9. The molecule has 1 N–H and O–H groups in total. The Morgan fingerprint density at radius 1 is 1.19 bits per heavy atom. The van der Waals surface area contributed by atoms with E-state index >= 15 is 0 Å². The number of amides is 1. The Hall–Kier alpha value is -2.21. The zero-order chi connectivity index (χ0) is 15.3. The molecule has 0 bridgehead atoms. The number of pyridine rings is 1. The molecule has 0 spiro atoms. The van der Waals surface area contributed by atoms with Crippen molar-refractivity contribution in [3.05, 3.63) is 59.9 Å². The molecule has 21 heavy (non-hydrogen) atoms. The van der Waals surface area contributed by atoms with Crippen LogP contribution in [0.1, 0.15) is 15.9 Å². The molecule has 1 aromatic carbocycles. The van der Waals surface area contributed by atoms with Gasteiger partial charge in [0.2, 0.25) is 0 Å². The van der Waals surface area contributed by atoms with Crippen LogP contribution in [-0.4, -0.2) is 32.1 Å². The van der Waals surface area contributed by atoms with Crippen LogP contribution in [0.15, 0.2) is 53.7 Å². The molecule has 6 heteroatoms. The molecule has 5 nitrogen and oxygen atoms in total. The number of carbonyl (C=O) groups is 1. The average molecular weight is 304 g/mol. The van der Waals surface area contributed by atoms with E-state index in [2.05, 4.69) is 10.3 Å². The number of aromatic nitrogens is 1. The zero-order valence-corrected chi connectivity index (χ0v) is 12.4. The second kappa shape index (κ2) is 6.49. The molecule has 0 atom stereocenters. The Bertz CT molecular complexity index is 710. The van der Waals surface area contributed by atoms with Crippen molar-refractivity contribution < 1.29 is 13.2 Å². The molecular formula is C15H16N2O3S. The van der Waals surface area contributed by atoms with E-state index in [1.165, 1.54) is 24.3 Å². The van der Waals surface area contributed by atoms with E-state index in [1.807, 2.05) is 12.1 Å². The van der Waals surface area contributed by atoms with E-state index < -0.39 is 9.84 Å². The van der Waals surface area contributed by atoms with Crippen LogP contribution in [0.4, 0.5) is 0 Å². The van der Waals surface area contributed by atoms with Gasteiger partial charge in [-0.05, 0) is 42.3 Å². The molecule has 0 radical (unpaired) electrons. The summed E-state index contributed by atoms with van der Waals surface area (Å²) < 4.78 is 22.7. The van der Waals surface area contributed by atoms with Crippen LogP contribution >= 0.6 is 0 Å². The third-order valence-electron chi connectivity index (χ3n) is 2.97. The van der Waals surface area contributed by atoms with Gasteiger partial charge in [-0.1, -0.05) is 6.07 Å². The number of benzene rings is 1. The van der Waals surface area contributed by atoms with Gasteiger partial charge in [0, 0.05) is 30.8 Å². The number of sulfone groups is 1. The summed E-state index contributed by atoms with van der Waals surface area (Å²) in [6.07, 6.45) is 5.29. The van der Waals surface area contributed by atoms with Gasteiger partial charge in [0.25, 0.3) is 5.91 Å². The fourth-order valence-corrected chi connectivity index (χ4v) is 2.45. The highest BCUT2D eigenvalue weighted by atomic mass is 32.2. The van der Waals surface area contributed by atoms with Gasteiger partial charge in [0.05, 0.1) is 4.90 Å². The molecule has 1 aromatic heterocycles. The van der Waals surface area contributed by atoms with Gasteiger partial charge in [-0.25, -0.2) is 8.42 Å². The number of hydrogen-bond acceptors (Lipinski definition) is 4. The molecule has 0 saturated heterocycles. The number of rotatable bonds is 5. The van der Waals surface area contributed by atoms with Gasteiger partial charge < -0.3 is 5.32 Å². The van der Waals surface area contributed by atoms with Gasteiger partial charge in [-0.2, -0.15) is 0 Å². The van der Waals surface area contributed by atoms with Crippen molar-refractivity contribution in [1.82, 2.24) is 10.3 Å². The minimum Gasteiger partial charge on any atom is -0.352 e. The quantitative estimate of drug-likeness (QED) is 0.907. The summed E-state index contributed by atoms with van der Waals surface area (Å²) in [5.41, 5.74) is 1.49. The fourth-order valence-electron chi connectivity index (χ4n) is 1.82. The van der Waals surface area contributed by atoms with E-state index in [9.17, 15) is 13.2 Å². The second-order valence-electron chi connectivity index (χ2n) is 4.66. The lowest BCUT2D eigenvalue weighted by Gasteiger charge is -2.06. The second-order valence-corrected chi connectivity index (χ2v) is 6.68. The Balaban J connectivity index is 1.92. The lowest BCUT2D eigenvalue weighted by Crippen LogP contribution is -2.25. The predicted molar refractivity (Wildman–Crippen MR) is 79.8 cm³/mol. The maximum atomic E-state index is 11.9. The smallest absolute Gasteiger partial charge is 0.251 e. The fraction of sp³-hybridized carbons (Fsp3) is 0.200. The summed E-state index contributed by atoms with van der Waals surface area (Å²) in [5, 5.41) is 2.79. The molecular weight excluding hydrogens is 288 g/mol. The molecule has 0 saturated carbocycles. The summed E-state index contributed by atoms with van der Waals surface area (Å²) in [6, 6.07) is 9.68. The van der Waals surface area contributed by atoms with E-state index in [4.69, 9.17) is 0 Å². The van der Waals surface area contributed by atoms with Crippen molar-refractivity contribution in [2.24, 2.45) is 0 Å². The van der Waals surface area contributed by atoms with Crippen LogP contribution in [0.5, 0.6) is 0 Å². The molecule has 0 aliphatic rings. The van der Waals surface area contributed by atoms with Gasteiger partial charge in [-0.15, -0.1) is 0 Å². The molecule has 0 fully saturated rings. The highest BCUT2D eigenvalue weighted by molar-refractivity contribution is 7.90. The van der Waals surface area contributed by atoms with E-state index in [0.717, 1.165) is 11.8 Å². The molecule has 0 aliphatic carbocycles. The van der Waals surface area contributed by atoms with E-state index in [-0.39, 0.29) is 10.8 Å². The first-order valence-corrected chi connectivity index (χ1v) is 8.33. The number of carbonyl (C=O) groups excluding carboxylic acids is 1. The summed E-state index contributed by atoms with van der Waals surface area (Å²) in [5.74, 6) is -0.223. The van der Waals surface area contributed by atoms with E-state index in [0.29, 0.717) is 18.5 Å². The van der Waals surface area contributed by atoms with Crippen molar-refractivity contribution in [3.8, 4) is 0 Å². The summed E-state index contributed by atoms with van der Waals surface area (Å²) in [6.45, 7) is 0.498. The third-order valence-corrected chi connectivity index (χ3v) is 4.10. The van der Waals surface area contributed by atoms with Crippen LogP contribution in [-0.2, 0) is 16.3 Å². The van der Waals surface area contributed by atoms with Gasteiger partial charge in [-0.3, -0.25) is 9.78 Å². The van der Waals surface area contributed by atoms with Crippen molar-refractivity contribution in [1.29, 1.82) is 0 Å². The third kappa shape index (κ3) is 4.39. The van der Waals surface area contributed by atoms with Crippen LogP contribution in [0.3, 0.4) is 0 Å². The Kier molecular flexibility index (Phi) is 4.70. The van der Waals surface area contributed by atoms with Crippen molar-refractivity contribution in [2.45, 2.75) is 11.3 Å². The van der Waals surface area contributed by atoms with Gasteiger partial charge in [0.1, 0.15) is 0 Å². The van der Waals surface area contributed by atoms with Crippen LogP contribution in [0.2, 0.25) is 0 Å². The Labute approximate surface area is 124 Å². The number of nitrogens with one attached hydrogen (secondary N) is 1. The lowest BCUT2D eigenvalue weighted by atomic mass is 10.2. The Morgan fingerprint density at radius 3 is 2.48 bits per heavy atom. The summed E-state index contributed by atoms with van der Waals surface area (Å²) in [7, 11) is -3.24. The highest BCUT2D eigenvalue weighted by Crippen LogP contribution is 2.10. The molecule has 110 valence electrons. The molecule has 1 amide bonds. The molecule has 2 rings (SSSR count). The standard InChI is InChI=1S/C15H16N2O3S/c1-21(19,20)14-6-4-13(5-7-14)15(18)17-10-8-12-3-2-9-16-11-12/h2-7,9,11H,8,10H2,1H3,(H,17,18). The van der Waals surface area contributed by atoms with Crippen LogP contribution in [0, 0.1) is 0 Å². The highest BCUT2D eigenvalue weighted by Gasteiger charge is 2.09. The number of nitrogens with zero attached hydrogens (tertiary/aromatic N) is 1. The first-order valence-electron chi connectivity index (χ1n) is 6.44. The average Bonchev–Trinajstić information content (AvgIpc) is 2.47. The minimum atomic E-state index is -3.24. The maximum Gasteiger partial charge on any atom is 0.251 e. The summed E-state index contributed by atoms with van der Waals surface area (Å²) in [4.78, 5) is 16.1. The van der Waals surface area contributed by atoms with Crippen LogP contribution < -0.4 is 5.32 Å². The minimum absolute atomic E-state index is 0.203. The summed E-state index contributed by atoms with van der Waals surface area (Å²) >= 11 is 0. The van der Waals surface area contributed by atoms with Crippen molar-refractivity contribution >= 4 is 15.7 Å². The predicted octanol–water partition coefficient (Wildman–Crippen LogP) is 1.46. The van der Waals surface area contributed by atoms with Crippen molar-refractivity contribution in [2.75, 3.05) is 12.8 Å². The lowest BCUT2D eigenvalue weighted by molar-refractivity contribution is 0.0954.